The number of amides is 4. The molecule has 1 saturated carbocycles. The maximum Gasteiger partial charge on any atom is 0.262 e. The van der Waals surface area contributed by atoms with Crippen LogP contribution < -0.4 is 15.8 Å². The van der Waals surface area contributed by atoms with Gasteiger partial charge in [0.15, 0.2) is 11.6 Å². The number of fused-ring (bicyclic) bond motifs is 1. The summed E-state index contributed by atoms with van der Waals surface area (Å²) in [6, 6.07) is 6.20. The quantitative estimate of drug-likeness (QED) is 0.131. The number of anilines is 1. The molecule has 8 rings (SSSR count). The van der Waals surface area contributed by atoms with E-state index in [1.54, 1.807) is 25.4 Å². The van der Waals surface area contributed by atoms with Gasteiger partial charge in [0, 0.05) is 47.1 Å². The number of nitrogen functional groups attached to an aromatic ring is 1. The fourth-order valence-electron chi connectivity index (χ4n) is 8.76. The highest BCUT2D eigenvalue weighted by Gasteiger charge is 2.45. The van der Waals surface area contributed by atoms with Crippen molar-refractivity contribution in [2.45, 2.75) is 82.4 Å². The van der Waals surface area contributed by atoms with Crippen LogP contribution in [0.25, 0.3) is 11.1 Å². The number of hydrogen-bond donors (Lipinski definition) is 2. The van der Waals surface area contributed by atoms with Gasteiger partial charge < -0.3 is 15.4 Å². The molecule has 0 radical (unpaired) electrons. The van der Waals surface area contributed by atoms with Crippen LogP contribution in [0, 0.1) is 17.6 Å². The molecule has 57 heavy (non-hydrogen) atoms. The third-order valence-electron chi connectivity index (χ3n) is 11.9. The van der Waals surface area contributed by atoms with Gasteiger partial charge in [0.25, 0.3) is 11.8 Å². The Balaban J connectivity index is 0.838. The van der Waals surface area contributed by atoms with Crippen molar-refractivity contribution in [2.75, 3.05) is 25.4 Å². The number of benzene rings is 2. The molecule has 12 nitrogen and oxygen atoms in total. The zero-order chi connectivity index (χ0) is 40.1. The highest BCUT2D eigenvalue weighted by Crippen LogP contribution is 2.40. The van der Waals surface area contributed by atoms with Crippen molar-refractivity contribution < 1.29 is 32.7 Å². The third kappa shape index (κ3) is 7.62. The minimum Gasteiger partial charge on any atom is -0.482 e. The molecule has 2 atom stereocenters. The van der Waals surface area contributed by atoms with E-state index < -0.39 is 47.4 Å². The smallest absolute Gasteiger partial charge is 0.262 e. The standard InChI is InChI=1S/C41H41Cl2F2N7O5/c1-21(36-30(42)6-7-31(44)37(36)43)57-34-14-24(17-47-38(34)46)25-18-48-51(20-25)26-4-2-22(3-5-26)19-50-12-10-23(11-13-50)27-15-28-29(16-32(27)45)41(56)52(40(28)55)33-8-9-35(53)49-39(33)54/h6-7,14-18,20-23,26,33H,2-5,8-13,19H2,1H3,(H2,46,47)(H,49,53,54). The second kappa shape index (κ2) is 15.8. The molecule has 5 heterocycles. The van der Waals surface area contributed by atoms with Crippen LogP contribution in [0.5, 0.6) is 5.75 Å². The predicted molar refractivity (Wildman–Crippen MR) is 208 cm³/mol. The minimum atomic E-state index is -1.09. The second-order valence-electron chi connectivity index (χ2n) is 15.4. The maximum absolute atomic E-state index is 15.5. The Morgan fingerprint density at radius 3 is 2.35 bits per heavy atom. The highest BCUT2D eigenvalue weighted by molar-refractivity contribution is 6.36. The summed E-state index contributed by atoms with van der Waals surface area (Å²) in [4.78, 5) is 58.1. The van der Waals surface area contributed by atoms with Crippen LogP contribution in [0.1, 0.15) is 108 Å². The number of likely N-dealkylation sites (tertiary alicyclic amines) is 1. The number of hydrogen-bond acceptors (Lipinski definition) is 9. The van der Waals surface area contributed by atoms with Gasteiger partial charge in [-0.1, -0.05) is 23.2 Å². The number of imide groups is 2. The lowest BCUT2D eigenvalue weighted by Crippen LogP contribution is -2.54. The average molecular weight is 821 g/mol. The lowest BCUT2D eigenvalue weighted by Gasteiger charge is -2.37. The zero-order valence-corrected chi connectivity index (χ0v) is 32.7. The van der Waals surface area contributed by atoms with Crippen molar-refractivity contribution in [3.63, 3.8) is 0 Å². The van der Waals surface area contributed by atoms with Crippen molar-refractivity contribution in [3.05, 3.63) is 92.9 Å². The zero-order valence-electron chi connectivity index (χ0n) is 31.2. The van der Waals surface area contributed by atoms with Crippen molar-refractivity contribution in [1.82, 2.24) is 29.9 Å². The highest BCUT2D eigenvalue weighted by atomic mass is 35.5. The van der Waals surface area contributed by atoms with Gasteiger partial charge in [0.1, 0.15) is 23.8 Å². The van der Waals surface area contributed by atoms with E-state index in [4.69, 9.17) is 33.7 Å². The summed E-state index contributed by atoms with van der Waals surface area (Å²) >= 11 is 12.5. The van der Waals surface area contributed by atoms with E-state index in [2.05, 4.69) is 20.3 Å². The van der Waals surface area contributed by atoms with Crippen molar-refractivity contribution in [2.24, 2.45) is 5.92 Å². The largest absolute Gasteiger partial charge is 0.482 e. The summed E-state index contributed by atoms with van der Waals surface area (Å²) in [5, 5.41) is 7.04. The van der Waals surface area contributed by atoms with Crippen molar-refractivity contribution in [3.8, 4) is 16.9 Å². The van der Waals surface area contributed by atoms with Gasteiger partial charge in [-0.15, -0.1) is 0 Å². The summed E-state index contributed by atoms with van der Waals surface area (Å²) in [5.41, 5.74) is 8.57. The summed E-state index contributed by atoms with van der Waals surface area (Å²) in [6.45, 7) is 4.25. The molecular formula is C41H41Cl2F2N7O5. The van der Waals surface area contributed by atoms with E-state index >= 15 is 4.39 Å². The maximum atomic E-state index is 15.5. The van der Waals surface area contributed by atoms with Gasteiger partial charge in [0.2, 0.25) is 11.8 Å². The number of halogens is 4. The molecule has 2 unspecified atom stereocenters. The molecule has 0 spiro atoms. The minimum absolute atomic E-state index is 0.0198. The molecule has 298 valence electrons. The summed E-state index contributed by atoms with van der Waals surface area (Å²) in [5.74, 6) is -2.68. The Kier molecular flexibility index (Phi) is 10.8. The van der Waals surface area contributed by atoms with E-state index in [0.717, 1.165) is 80.3 Å². The van der Waals surface area contributed by atoms with E-state index in [0.29, 0.717) is 22.8 Å². The first-order chi connectivity index (χ1) is 27.4. The third-order valence-corrected chi connectivity index (χ3v) is 12.6. The van der Waals surface area contributed by atoms with Crippen LogP contribution in [0.4, 0.5) is 14.6 Å². The van der Waals surface area contributed by atoms with Crippen LogP contribution in [-0.4, -0.2) is 73.9 Å². The molecule has 2 aromatic carbocycles. The molecular weight excluding hydrogens is 779 g/mol. The van der Waals surface area contributed by atoms with Gasteiger partial charge in [-0.3, -0.25) is 34.1 Å². The van der Waals surface area contributed by atoms with Gasteiger partial charge in [-0.25, -0.2) is 13.8 Å². The Morgan fingerprint density at radius 2 is 1.63 bits per heavy atom. The van der Waals surface area contributed by atoms with E-state index in [-0.39, 0.29) is 51.8 Å². The summed E-state index contributed by atoms with van der Waals surface area (Å²) in [7, 11) is 0. The van der Waals surface area contributed by atoms with Crippen LogP contribution in [0.2, 0.25) is 10.0 Å². The molecule has 4 amide bonds. The Morgan fingerprint density at radius 1 is 0.912 bits per heavy atom. The number of rotatable bonds is 9. The molecule has 2 saturated heterocycles. The SMILES string of the molecule is CC(Oc1cc(-c2cnn(C3CCC(CN4CCC(c5cc6c(cc5F)C(=O)N(C5CCC(=O)NC5=O)C6=O)CC4)CC3)c2)cnc1N)c1c(Cl)ccc(F)c1Cl. The van der Waals surface area contributed by atoms with Gasteiger partial charge in [-0.2, -0.15) is 5.10 Å². The number of pyridine rings is 1. The average Bonchev–Trinajstić information content (AvgIpc) is 3.77. The number of carbonyl (C=O) groups excluding carboxylic acids is 4. The van der Waals surface area contributed by atoms with Crippen molar-refractivity contribution in [1.29, 1.82) is 0 Å². The summed E-state index contributed by atoms with van der Waals surface area (Å²) < 4.78 is 37.7. The Hall–Kier alpha value is -4.92. The molecule has 4 aliphatic rings. The van der Waals surface area contributed by atoms with Crippen molar-refractivity contribution >= 4 is 52.6 Å². The number of nitrogens with one attached hydrogen (secondary N) is 1. The normalized spacial score (nSPS) is 22.5. The van der Waals surface area contributed by atoms with Crippen LogP contribution in [0.15, 0.2) is 48.9 Å². The molecule has 3 fully saturated rings. The number of nitrogens with zero attached hydrogens (tertiary/aromatic N) is 5. The Bertz CT molecular complexity index is 2270. The molecule has 3 N–H and O–H groups in total. The monoisotopic (exact) mass is 819 g/mol. The van der Waals surface area contributed by atoms with Crippen LogP contribution in [-0.2, 0) is 9.59 Å². The predicted octanol–water partition coefficient (Wildman–Crippen LogP) is 7.26. The lowest BCUT2D eigenvalue weighted by atomic mass is 9.84. The molecule has 3 aliphatic heterocycles. The number of aromatic nitrogens is 3. The molecule has 4 aromatic rings. The first-order valence-corrected chi connectivity index (χ1v) is 20.0. The first-order valence-electron chi connectivity index (χ1n) is 19.2. The topological polar surface area (TPSA) is 153 Å². The number of ether oxygens (including phenoxy) is 1. The van der Waals surface area contributed by atoms with Gasteiger partial charge in [0.05, 0.1) is 28.4 Å². The van der Waals surface area contributed by atoms with Gasteiger partial charge in [-0.05, 0) is 113 Å². The number of nitrogens with two attached hydrogens (primary N) is 1. The molecule has 16 heteroatoms. The van der Waals surface area contributed by atoms with E-state index in [9.17, 15) is 23.6 Å². The molecule has 1 aliphatic carbocycles. The fourth-order valence-corrected chi connectivity index (χ4v) is 9.44. The first kappa shape index (κ1) is 38.9. The number of carbonyl (C=O) groups is 4. The van der Waals surface area contributed by atoms with Crippen LogP contribution in [0.3, 0.4) is 0 Å². The van der Waals surface area contributed by atoms with Gasteiger partial charge >= 0.3 is 0 Å². The van der Waals surface area contributed by atoms with Crippen LogP contribution >= 0.6 is 23.2 Å². The molecule has 2 aromatic heterocycles. The molecule has 0 bridgehead atoms. The number of piperidine rings is 2. The lowest BCUT2D eigenvalue weighted by molar-refractivity contribution is -0.136. The second-order valence-corrected chi connectivity index (χ2v) is 16.2. The van der Waals surface area contributed by atoms with E-state index in [1.165, 1.54) is 18.2 Å². The Labute approximate surface area is 337 Å². The fraction of sp³-hybridized carbons (Fsp3) is 0.415. The summed E-state index contributed by atoms with van der Waals surface area (Å²) in [6.07, 6.45) is 10.3. The van der Waals surface area contributed by atoms with E-state index in [1.807, 2.05) is 10.9 Å².